The van der Waals surface area contributed by atoms with Crippen LogP contribution in [-0.2, 0) is 9.78 Å². The zero-order valence-electron chi connectivity index (χ0n) is 21.0. The summed E-state index contributed by atoms with van der Waals surface area (Å²) >= 11 is 0. The first kappa shape index (κ1) is 29.9. The van der Waals surface area contributed by atoms with Gasteiger partial charge in [0.15, 0.2) is 0 Å². The molecule has 4 nitrogen and oxygen atoms in total. The van der Waals surface area contributed by atoms with E-state index in [4.69, 9.17) is 9.78 Å². The summed E-state index contributed by atoms with van der Waals surface area (Å²) in [5.41, 5.74) is 2.26. The minimum absolute atomic E-state index is 0.271. The lowest BCUT2D eigenvalue weighted by Crippen LogP contribution is -2.30. The average molecular weight is 438 g/mol. The molecule has 4 heteroatoms. The predicted octanol–water partition coefficient (Wildman–Crippen LogP) is 7.07. The van der Waals surface area contributed by atoms with Crippen molar-refractivity contribution in [1.29, 1.82) is 0 Å². The third-order valence-corrected chi connectivity index (χ3v) is 5.85. The molecule has 0 bridgehead atoms. The summed E-state index contributed by atoms with van der Waals surface area (Å²) in [6, 6.07) is 0. The van der Waals surface area contributed by atoms with Gasteiger partial charge >= 0.3 is 0 Å². The Kier molecular flexibility index (Phi) is 18.9. The summed E-state index contributed by atoms with van der Waals surface area (Å²) < 4.78 is 0. The van der Waals surface area contributed by atoms with Gasteiger partial charge < -0.3 is 10.0 Å². The van der Waals surface area contributed by atoms with Gasteiger partial charge in [0.25, 0.3) is 0 Å². The first-order valence-electron chi connectivity index (χ1n) is 12.4. The van der Waals surface area contributed by atoms with Gasteiger partial charge in [-0.15, -0.1) is 13.2 Å². The smallest absolute Gasteiger partial charge is 0.0859 e. The van der Waals surface area contributed by atoms with Crippen LogP contribution in [0.25, 0.3) is 0 Å². The lowest BCUT2D eigenvalue weighted by atomic mass is 9.96. The van der Waals surface area contributed by atoms with Crippen molar-refractivity contribution in [2.24, 2.45) is 11.8 Å². The van der Waals surface area contributed by atoms with E-state index in [-0.39, 0.29) is 12.0 Å². The Balaban J connectivity index is 4.50. The summed E-state index contributed by atoms with van der Waals surface area (Å²) in [5.74, 6) is 1.00. The first-order chi connectivity index (χ1) is 14.8. The third-order valence-electron chi connectivity index (χ3n) is 5.85. The summed E-state index contributed by atoms with van der Waals surface area (Å²) in [6.45, 7) is 24.0. The van der Waals surface area contributed by atoms with Crippen molar-refractivity contribution in [3.8, 4) is 0 Å². The fourth-order valence-corrected chi connectivity index (χ4v) is 3.55. The Bertz CT molecular complexity index is 477. The molecule has 0 aliphatic carbocycles. The number of rotatable bonds is 22. The Hall–Kier alpha value is -1.10. The lowest BCUT2D eigenvalue weighted by molar-refractivity contribution is -0.294. The van der Waals surface area contributed by atoms with E-state index < -0.39 is 0 Å². The summed E-state index contributed by atoms with van der Waals surface area (Å²) in [4.78, 5) is 12.9. The van der Waals surface area contributed by atoms with E-state index in [1.54, 1.807) is 0 Å². The van der Waals surface area contributed by atoms with Gasteiger partial charge in [-0.1, -0.05) is 58.3 Å². The Labute approximate surface area is 193 Å². The van der Waals surface area contributed by atoms with Crippen molar-refractivity contribution >= 4 is 0 Å². The van der Waals surface area contributed by atoms with E-state index in [0.29, 0.717) is 13.2 Å². The van der Waals surface area contributed by atoms with Crippen molar-refractivity contribution in [2.45, 2.75) is 98.0 Å². The number of allylic oxidation sites excluding steroid dienone is 2. The molecule has 0 aromatic carbocycles. The van der Waals surface area contributed by atoms with Gasteiger partial charge in [0.05, 0.1) is 19.3 Å². The van der Waals surface area contributed by atoms with Gasteiger partial charge in [0.2, 0.25) is 0 Å². The molecular formula is C27H51NO3. The molecule has 0 saturated heterocycles. The fourth-order valence-electron chi connectivity index (χ4n) is 3.55. The SMILES string of the molecule is C=CCCC(O)CC(C)C(=C)N(CCCCOOCCC(=C)C)CCC(C)CCCC. The molecule has 0 saturated carbocycles. The lowest BCUT2D eigenvalue weighted by Gasteiger charge is -2.32. The maximum atomic E-state index is 10.3. The van der Waals surface area contributed by atoms with Crippen molar-refractivity contribution in [3.63, 3.8) is 0 Å². The van der Waals surface area contributed by atoms with Gasteiger partial charge in [-0.25, -0.2) is 9.78 Å². The minimum atomic E-state index is -0.292. The highest BCUT2D eigenvalue weighted by molar-refractivity contribution is 4.99. The third kappa shape index (κ3) is 17.2. The van der Waals surface area contributed by atoms with Gasteiger partial charge in [-0.05, 0) is 63.7 Å². The molecule has 3 unspecified atom stereocenters. The van der Waals surface area contributed by atoms with Crippen LogP contribution in [0.2, 0.25) is 0 Å². The standard InChI is InChI=1S/C27H51NO3/c1-8-10-14-24(5)16-19-28(18-12-13-20-30-31-21-17-23(3)4)26(7)25(6)22-27(29)15-11-9-2/h9,24-25,27,29H,2-3,7-8,10-22H2,1,4-6H3. The zero-order chi connectivity index (χ0) is 23.5. The highest BCUT2D eigenvalue weighted by Crippen LogP contribution is 2.23. The van der Waals surface area contributed by atoms with E-state index in [1.807, 2.05) is 13.0 Å². The predicted molar refractivity (Wildman–Crippen MR) is 134 cm³/mol. The van der Waals surface area contributed by atoms with Crippen LogP contribution < -0.4 is 0 Å². The van der Waals surface area contributed by atoms with Crippen molar-refractivity contribution in [3.05, 3.63) is 37.1 Å². The largest absolute Gasteiger partial charge is 0.393 e. The Morgan fingerprint density at radius 3 is 2.35 bits per heavy atom. The maximum absolute atomic E-state index is 10.3. The molecule has 0 spiro atoms. The number of aliphatic hydroxyl groups excluding tert-OH is 1. The van der Waals surface area contributed by atoms with Crippen molar-refractivity contribution < 1.29 is 14.9 Å². The monoisotopic (exact) mass is 437 g/mol. The van der Waals surface area contributed by atoms with Crippen LogP contribution in [0.15, 0.2) is 37.1 Å². The average Bonchev–Trinajstić information content (AvgIpc) is 2.73. The first-order valence-corrected chi connectivity index (χ1v) is 12.4. The molecule has 3 atom stereocenters. The Morgan fingerprint density at radius 1 is 1.00 bits per heavy atom. The molecular weight excluding hydrogens is 386 g/mol. The van der Waals surface area contributed by atoms with Crippen LogP contribution in [0.5, 0.6) is 0 Å². The van der Waals surface area contributed by atoms with Crippen LogP contribution in [0.3, 0.4) is 0 Å². The Morgan fingerprint density at radius 2 is 1.71 bits per heavy atom. The quantitative estimate of drug-likeness (QED) is 0.0851. The second-order valence-corrected chi connectivity index (χ2v) is 9.23. The number of unbranched alkanes of at least 4 members (excludes halogenated alkanes) is 2. The fraction of sp³-hybridized carbons (Fsp3) is 0.778. The highest BCUT2D eigenvalue weighted by atomic mass is 17.2. The van der Waals surface area contributed by atoms with Crippen LogP contribution in [0, 0.1) is 11.8 Å². The summed E-state index contributed by atoms with van der Waals surface area (Å²) in [7, 11) is 0. The molecule has 182 valence electrons. The number of aliphatic hydroxyl groups is 1. The van der Waals surface area contributed by atoms with Crippen molar-refractivity contribution in [1.82, 2.24) is 4.90 Å². The highest BCUT2D eigenvalue weighted by Gasteiger charge is 2.18. The molecule has 0 aromatic heterocycles. The second-order valence-electron chi connectivity index (χ2n) is 9.23. The van der Waals surface area contributed by atoms with E-state index in [2.05, 4.69) is 45.4 Å². The summed E-state index contributed by atoms with van der Waals surface area (Å²) in [5, 5.41) is 10.3. The van der Waals surface area contributed by atoms with Gasteiger partial charge in [0.1, 0.15) is 0 Å². The molecule has 0 aromatic rings. The number of hydrogen-bond donors (Lipinski definition) is 1. The molecule has 1 N–H and O–H groups in total. The van der Waals surface area contributed by atoms with Gasteiger partial charge in [-0.3, -0.25) is 0 Å². The zero-order valence-corrected chi connectivity index (χ0v) is 21.0. The molecule has 0 aliphatic heterocycles. The summed E-state index contributed by atoms with van der Waals surface area (Å²) in [6.07, 6.45) is 11.8. The van der Waals surface area contributed by atoms with Crippen molar-refractivity contribution in [2.75, 3.05) is 26.3 Å². The van der Waals surface area contributed by atoms with Crippen LogP contribution in [0.4, 0.5) is 0 Å². The normalized spacial score (nSPS) is 14.1. The van der Waals surface area contributed by atoms with Gasteiger partial charge in [-0.2, -0.15) is 0 Å². The molecule has 0 aliphatic rings. The maximum Gasteiger partial charge on any atom is 0.0859 e. The molecule has 0 rings (SSSR count). The molecule has 0 heterocycles. The van der Waals surface area contributed by atoms with Crippen LogP contribution in [-0.4, -0.2) is 42.4 Å². The molecule has 0 fully saturated rings. The molecule has 0 radical (unpaired) electrons. The van der Waals surface area contributed by atoms with Gasteiger partial charge in [0, 0.05) is 18.8 Å². The molecule has 0 amide bonds. The number of hydrogen-bond acceptors (Lipinski definition) is 4. The van der Waals surface area contributed by atoms with E-state index in [1.165, 1.54) is 25.7 Å². The second kappa shape index (κ2) is 19.6. The van der Waals surface area contributed by atoms with E-state index >= 15 is 0 Å². The van der Waals surface area contributed by atoms with Crippen LogP contribution >= 0.6 is 0 Å². The van der Waals surface area contributed by atoms with E-state index in [9.17, 15) is 5.11 Å². The minimum Gasteiger partial charge on any atom is -0.393 e. The topological polar surface area (TPSA) is 41.9 Å². The number of nitrogens with zero attached hydrogens (tertiary/aromatic N) is 1. The van der Waals surface area contributed by atoms with Crippen LogP contribution in [0.1, 0.15) is 91.9 Å². The van der Waals surface area contributed by atoms with E-state index in [0.717, 1.165) is 68.8 Å². The molecule has 31 heavy (non-hydrogen) atoms.